The van der Waals surface area contributed by atoms with E-state index < -0.39 is 0 Å². The molecule has 0 unspecified atom stereocenters. The minimum absolute atomic E-state index is 0.0209. The molecule has 1 aliphatic carbocycles. The monoisotopic (exact) mass is 197 g/mol. The molecule has 3 nitrogen and oxygen atoms in total. The lowest BCUT2D eigenvalue weighted by atomic mass is 9.66. The quantitative estimate of drug-likeness (QED) is 0.763. The van der Waals surface area contributed by atoms with Crippen molar-refractivity contribution in [3.05, 3.63) is 11.5 Å². The summed E-state index contributed by atoms with van der Waals surface area (Å²) in [7, 11) is 0. The second-order valence-electron chi connectivity index (χ2n) is 4.65. The highest BCUT2D eigenvalue weighted by molar-refractivity contribution is 5.35. The summed E-state index contributed by atoms with van der Waals surface area (Å²) < 4.78 is 13.6. The smallest absolute Gasteiger partial charge is 0.188 e. The molecule has 1 heterocycles. The summed E-state index contributed by atoms with van der Waals surface area (Å²) >= 11 is 0. The van der Waals surface area contributed by atoms with Gasteiger partial charge in [0, 0.05) is 5.41 Å². The summed E-state index contributed by atoms with van der Waals surface area (Å²) in [5.41, 5.74) is 5.76. The van der Waals surface area contributed by atoms with Crippen LogP contribution in [0.2, 0.25) is 0 Å². The molecule has 0 spiro atoms. The van der Waals surface area contributed by atoms with E-state index >= 15 is 0 Å². The Morgan fingerprint density at radius 2 is 2.14 bits per heavy atom. The highest BCUT2D eigenvalue weighted by Crippen LogP contribution is 2.44. The summed E-state index contributed by atoms with van der Waals surface area (Å²) in [4.78, 5) is 0. The molecule has 0 radical (unpaired) electrons. The minimum atomic E-state index is -0.373. The van der Waals surface area contributed by atoms with Gasteiger partial charge in [0.15, 0.2) is 11.6 Å². The Morgan fingerprint density at radius 1 is 1.50 bits per heavy atom. The van der Waals surface area contributed by atoms with Crippen LogP contribution in [-0.2, 0) is 5.41 Å². The molecule has 0 atom stereocenters. The van der Waals surface area contributed by atoms with E-state index in [0.29, 0.717) is 11.6 Å². The number of anilines is 1. The van der Waals surface area contributed by atoms with Crippen LogP contribution in [0.5, 0.6) is 0 Å². The summed E-state index contributed by atoms with van der Waals surface area (Å²) in [5, 5.41) is 6.41. The first-order valence-electron chi connectivity index (χ1n) is 5.03. The maximum absolute atomic E-state index is 13.6. The third-order valence-corrected chi connectivity index (χ3v) is 3.50. The maximum atomic E-state index is 13.6. The number of aromatic nitrogens is 2. The molecule has 0 amide bonds. The third-order valence-electron chi connectivity index (χ3n) is 3.50. The predicted octanol–water partition coefficient (Wildman–Crippen LogP) is 2.21. The topological polar surface area (TPSA) is 54.7 Å². The summed E-state index contributed by atoms with van der Waals surface area (Å²) in [6.45, 7) is 4.10. The van der Waals surface area contributed by atoms with Gasteiger partial charge in [-0.3, -0.25) is 5.10 Å². The molecule has 3 N–H and O–H groups in total. The summed E-state index contributed by atoms with van der Waals surface area (Å²) in [5.74, 6) is 0.158. The van der Waals surface area contributed by atoms with E-state index in [9.17, 15) is 4.39 Å². The number of nitrogen functional groups attached to an aromatic ring is 1. The Labute approximate surface area is 82.9 Å². The molecule has 78 valence electrons. The molecule has 0 bridgehead atoms. The number of rotatable bonds is 2. The molecular weight excluding hydrogens is 181 g/mol. The lowest BCUT2D eigenvalue weighted by Crippen LogP contribution is -2.34. The fourth-order valence-corrected chi connectivity index (χ4v) is 2.10. The second-order valence-corrected chi connectivity index (χ2v) is 4.65. The van der Waals surface area contributed by atoms with Crippen molar-refractivity contribution < 1.29 is 4.39 Å². The van der Waals surface area contributed by atoms with Crippen LogP contribution in [0, 0.1) is 11.7 Å². The zero-order valence-electron chi connectivity index (χ0n) is 8.60. The van der Waals surface area contributed by atoms with E-state index in [1.165, 1.54) is 19.3 Å². The van der Waals surface area contributed by atoms with E-state index in [2.05, 4.69) is 10.2 Å². The van der Waals surface area contributed by atoms with Gasteiger partial charge in [0.05, 0.1) is 5.69 Å². The molecule has 1 saturated carbocycles. The van der Waals surface area contributed by atoms with Crippen molar-refractivity contribution in [3.8, 4) is 0 Å². The number of halogens is 1. The first kappa shape index (κ1) is 9.49. The predicted molar refractivity (Wildman–Crippen MR) is 53.3 cm³/mol. The number of hydrogen-bond donors (Lipinski definition) is 2. The van der Waals surface area contributed by atoms with Gasteiger partial charge in [0.2, 0.25) is 0 Å². The summed E-state index contributed by atoms with van der Waals surface area (Å²) in [6, 6.07) is 0. The van der Waals surface area contributed by atoms with E-state index in [4.69, 9.17) is 5.73 Å². The van der Waals surface area contributed by atoms with Gasteiger partial charge in [-0.15, -0.1) is 0 Å². The number of nitrogens with one attached hydrogen (secondary N) is 1. The van der Waals surface area contributed by atoms with Gasteiger partial charge < -0.3 is 5.73 Å². The van der Waals surface area contributed by atoms with Crippen LogP contribution in [0.4, 0.5) is 10.2 Å². The minimum Gasteiger partial charge on any atom is -0.380 e. The molecule has 0 saturated heterocycles. The number of nitrogens with two attached hydrogens (primary N) is 1. The highest BCUT2D eigenvalue weighted by Gasteiger charge is 2.38. The largest absolute Gasteiger partial charge is 0.380 e. The molecule has 1 fully saturated rings. The van der Waals surface area contributed by atoms with Crippen LogP contribution in [0.15, 0.2) is 0 Å². The van der Waals surface area contributed by atoms with Gasteiger partial charge in [0.25, 0.3) is 0 Å². The van der Waals surface area contributed by atoms with Gasteiger partial charge >= 0.3 is 0 Å². The Morgan fingerprint density at radius 3 is 2.50 bits per heavy atom. The number of aromatic amines is 1. The van der Waals surface area contributed by atoms with Gasteiger partial charge in [-0.05, 0) is 18.8 Å². The lowest BCUT2D eigenvalue weighted by molar-refractivity contribution is 0.186. The van der Waals surface area contributed by atoms with Crippen LogP contribution >= 0.6 is 0 Å². The number of H-pyrrole nitrogens is 1. The van der Waals surface area contributed by atoms with Gasteiger partial charge in [-0.25, -0.2) is 4.39 Å². The van der Waals surface area contributed by atoms with Crippen molar-refractivity contribution >= 4 is 5.82 Å². The first-order valence-corrected chi connectivity index (χ1v) is 5.03. The van der Waals surface area contributed by atoms with E-state index in [1.54, 1.807) is 0 Å². The molecule has 1 aromatic rings. The fourth-order valence-electron chi connectivity index (χ4n) is 2.10. The van der Waals surface area contributed by atoms with Gasteiger partial charge in [-0.1, -0.05) is 20.3 Å². The maximum Gasteiger partial charge on any atom is 0.188 e. The summed E-state index contributed by atoms with van der Waals surface area (Å²) in [6.07, 6.45) is 3.59. The highest BCUT2D eigenvalue weighted by atomic mass is 19.1. The zero-order chi connectivity index (χ0) is 10.3. The third kappa shape index (κ3) is 1.21. The molecule has 14 heavy (non-hydrogen) atoms. The number of hydrogen-bond acceptors (Lipinski definition) is 2. The molecule has 0 aliphatic heterocycles. The zero-order valence-corrected chi connectivity index (χ0v) is 8.60. The van der Waals surface area contributed by atoms with Crippen LogP contribution in [-0.4, -0.2) is 10.2 Å². The van der Waals surface area contributed by atoms with Crippen LogP contribution in [0.3, 0.4) is 0 Å². The van der Waals surface area contributed by atoms with Crippen molar-refractivity contribution in [2.75, 3.05) is 5.73 Å². The Hall–Kier alpha value is -1.06. The van der Waals surface area contributed by atoms with Crippen molar-refractivity contribution in [3.63, 3.8) is 0 Å². The van der Waals surface area contributed by atoms with Crippen molar-refractivity contribution in [2.24, 2.45) is 5.92 Å². The van der Waals surface area contributed by atoms with E-state index in [-0.39, 0.29) is 17.1 Å². The molecule has 1 aliphatic rings. The molecule has 1 aromatic heterocycles. The normalized spacial score (nSPS) is 18.2. The molecule has 2 rings (SSSR count). The van der Waals surface area contributed by atoms with Crippen LogP contribution in [0.1, 0.15) is 38.8 Å². The Balaban J connectivity index is 2.32. The fraction of sp³-hybridized carbons (Fsp3) is 0.700. The average molecular weight is 197 g/mol. The van der Waals surface area contributed by atoms with Crippen molar-refractivity contribution in [1.29, 1.82) is 0 Å². The van der Waals surface area contributed by atoms with Gasteiger partial charge in [-0.2, -0.15) is 5.10 Å². The van der Waals surface area contributed by atoms with Crippen molar-refractivity contribution in [2.45, 2.75) is 38.5 Å². The molecule has 0 aromatic carbocycles. The SMILES string of the molecule is CC(C)(c1[nH]nc(N)c1F)C1CCC1. The number of nitrogens with zero attached hydrogens (tertiary/aromatic N) is 1. The standard InChI is InChI=1S/C10H16FN3/c1-10(2,6-4-3-5-6)8-7(11)9(12)14-13-8/h6H,3-5H2,1-2H3,(H3,12,13,14). The van der Waals surface area contributed by atoms with E-state index in [1.807, 2.05) is 13.8 Å². The van der Waals surface area contributed by atoms with Gasteiger partial charge in [0.1, 0.15) is 0 Å². The lowest BCUT2D eigenvalue weighted by Gasteiger charge is -2.39. The Kier molecular flexibility index (Phi) is 2.01. The second kappa shape index (κ2) is 2.97. The first-order chi connectivity index (χ1) is 6.53. The van der Waals surface area contributed by atoms with Crippen LogP contribution in [0.25, 0.3) is 0 Å². The Bertz CT molecular complexity index is 339. The van der Waals surface area contributed by atoms with Crippen molar-refractivity contribution in [1.82, 2.24) is 10.2 Å². The molecule has 4 heteroatoms. The molecular formula is C10H16FN3. The van der Waals surface area contributed by atoms with Crippen LogP contribution < -0.4 is 5.73 Å². The average Bonchev–Trinajstić information content (AvgIpc) is 2.28. The van der Waals surface area contributed by atoms with E-state index in [0.717, 1.165) is 0 Å².